The van der Waals surface area contributed by atoms with Crippen molar-refractivity contribution >= 4 is 23.2 Å². The molecule has 0 bridgehead atoms. The number of nitro benzene ring substituents is 1. The highest BCUT2D eigenvalue weighted by Gasteiger charge is 2.20. The second-order valence-corrected chi connectivity index (χ2v) is 4.99. The largest absolute Gasteiger partial charge is 0.351 e. The van der Waals surface area contributed by atoms with Gasteiger partial charge < -0.3 is 5.32 Å². The van der Waals surface area contributed by atoms with Crippen LogP contribution in [0.2, 0.25) is 5.02 Å². The minimum atomic E-state index is -0.652. The van der Waals surface area contributed by atoms with E-state index in [2.05, 4.69) is 5.32 Å². The zero-order valence-electron chi connectivity index (χ0n) is 11.4. The van der Waals surface area contributed by atoms with Gasteiger partial charge in [-0.25, -0.2) is 4.39 Å². The molecule has 0 atom stereocenters. The fourth-order valence-corrected chi connectivity index (χ4v) is 2.08. The summed E-state index contributed by atoms with van der Waals surface area (Å²) in [7, 11) is 0. The van der Waals surface area contributed by atoms with Gasteiger partial charge in [-0.1, -0.05) is 23.7 Å². The summed E-state index contributed by atoms with van der Waals surface area (Å²) in [6.45, 7) is 0.282. The number of benzene rings is 2. The molecule has 0 aromatic heterocycles. The topological polar surface area (TPSA) is 72.2 Å². The van der Waals surface area contributed by atoms with Crippen molar-refractivity contribution in [1.82, 2.24) is 5.32 Å². The van der Waals surface area contributed by atoms with Crippen molar-refractivity contribution in [2.45, 2.75) is 6.42 Å². The van der Waals surface area contributed by atoms with Gasteiger partial charge in [-0.15, -0.1) is 0 Å². The Hall–Kier alpha value is -2.47. The van der Waals surface area contributed by atoms with Crippen molar-refractivity contribution in [3.8, 4) is 0 Å². The molecule has 1 amide bonds. The molecule has 5 nitrogen and oxygen atoms in total. The molecule has 0 aliphatic heterocycles. The Morgan fingerprint density at radius 1 is 1.23 bits per heavy atom. The van der Waals surface area contributed by atoms with Crippen LogP contribution in [0.4, 0.5) is 10.1 Å². The van der Waals surface area contributed by atoms with Crippen LogP contribution in [0.15, 0.2) is 42.5 Å². The first kappa shape index (κ1) is 15.9. The van der Waals surface area contributed by atoms with E-state index >= 15 is 0 Å². The third kappa shape index (κ3) is 4.02. The number of halogens is 2. The zero-order chi connectivity index (χ0) is 16.1. The van der Waals surface area contributed by atoms with Gasteiger partial charge in [0.1, 0.15) is 11.4 Å². The maximum atomic E-state index is 12.8. The summed E-state index contributed by atoms with van der Waals surface area (Å²) in [6, 6.07) is 9.77. The van der Waals surface area contributed by atoms with Crippen LogP contribution in [0.1, 0.15) is 15.9 Å². The number of nitro groups is 1. The average Bonchev–Trinajstić information content (AvgIpc) is 2.49. The van der Waals surface area contributed by atoms with Crippen molar-refractivity contribution in [2.24, 2.45) is 0 Å². The highest BCUT2D eigenvalue weighted by molar-refractivity contribution is 6.31. The second kappa shape index (κ2) is 7.00. The lowest BCUT2D eigenvalue weighted by Gasteiger charge is -2.06. The van der Waals surface area contributed by atoms with Gasteiger partial charge in [0.05, 0.1) is 4.92 Å². The summed E-state index contributed by atoms with van der Waals surface area (Å²) in [5.41, 5.74) is 0.465. The Morgan fingerprint density at radius 2 is 1.91 bits per heavy atom. The maximum Gasteiger partial charge on any atom is 0.283 e. The van der Waals surface area contributed by atoms with Crippen molar-refractivity contribution in [3.05, 3.63) is 74.5 Å². The molecule has 0 spiro atoms. The molecular formula is C15H12ClFN2O3. The quantitative estimate of drug-likeness (QED) is 0.677. The van der Waals surface area contributed by atoms with Crippen LogP contribution in [0.25, 0.3) is 0 Å². The molecule has 22 heavy (non-hydrogen) atoms. The molecule has 7 heteroatoms. The standard InChI is InChI=1S/C15H12ClFN2O3/c16-11-3-6-13(14(9-11)19(21)22)15(20)18-8-7-10-1-4-12(17)5-2-10/h1-6,9H,7-8H2,(H,18,20). The second-order valence-electron chi connectivity index (χ2n) is 4.55. The molecular weight excluding hydrogens is 311 g/mol. The molecule has 2 aromatic carbocycles. The van der Waals surface area contributed by atoms with Gasteiger partial charge in [-0.05, 0) is 36.2 Å². The molecule has 0 aliphatic rings. The number of hydrogen-bond acceptors (Lipinski definition) is 3. The number of amides is 1. The Morgan fingerprint density at radius 3 is 2.55 bits per heavy atom. The van der Waals surface area contributed by atoms with E-state index in [1.807, 2.05) is 0 Å². The fourth-order valence-electron chi connectivity index (χ4n) is 1.91. The van der Waals surface area contributed by atoms with Crippen LogP contribution in [0, 0.1) is 15.9 Å². The highest BCUT2D eigenvalue weighted by atomic mass is 35.5. The van der Waals surface area contributed by atoms with Crippen molar-refractivity contribution in [1.29, 1.82) is 0 Å². The number of rotatable bonds is 5. The molecule has 0 aliphatic carbocycles. The van der Waals surface area contributed by atoms with E-state index in [1.54, 1.807) is 12.1 Å². The van der Waals surface area contributed by atoms with Gasteiger partial charge in [0.2, 0.25) is 0 Å². The number of hydrogen-bond donors (Lipinski definition) is 1. The number of carbonyl (C=O) groups excluding carboxylic acids is 1. The summed E-state index contributed by atoms with van der Waals surface area (Å²) >= 11 is 5.70. The number of carbonyl (C=O) groups is 1. The van der Waals surface area contributed by atoms with E-state index in [0.29, 0.717) is 6.42 Å². The maximum absolute atomic E-state index is 12.8. The van der Waals surface area contributed by atoms with Crippen molar-refractivity contribution < 1.29 is 14.1 Å². The van der Waals surface area contributed by atoms with Crippen molar-refractivity contribution in [3.63, 3.8) is 0 Å². The van der Waals surface area contributed by atoms with E-state index in [9.17, 15) is 19.3 Å². The van der Waals surface area contributed by atoms with Crippen LogP contribution in [0.5, 0.6) is 0 Å². The summed E-state index contributed by atoms with van der Waals surface area (Å²) < 4.78 is 12.8. The van der Waals surface area contributed by atoms with E-state index in [-0.39, 0.29) is 28.6 Å². The lowest BCUT2D eigenvalue weighted by atomic mass is 10.1. The van der Waals surface area contributed by atoms with Gasteiger partial charge in [0.15, 0.2) is 0 Å². The first-order chi connectivity index (χ1) is 10.5. The summed E-state index contributed by atoms with van der Waals surface area (Å²) in [5.74, 6) is -0.880. The third-order valence-corrected chi connectivity index (χ3v) is 3.25. The number of nitrogens with one attached hydrogen (secondary N) is 1. The molecule has 0 fully saturated rings. The number of nitrogens with zero attached hydrogens (tertiary/aromatic N) is 1. The monoisotopic (exact) mass is 322 g/mol. The molecule has 2 aromatic rings. The predicted octanol–water partition coefficient (Wildman–Crippen LogP) is 3.36. The van der Waals surface area contributed by atoms with Gasteiger partial charge in [-0.3, -0.25) is 14.9 Å². The fraction of sp³-hybridized carbons (Fsp3) is 0.133. The van der Waals surface area contributed by atoms with Crippen LogP contribution < -0.4 is 5.32 Å². The highest BCUT2D eigenvalue weighted by Crippen LogP contribution is 2.23. The Kier molecular flexibility index (Phi) is 5.06. The Labute approximate surface area is 130 Å². The first-order valence-electron chi connectivity index (χ1n) is 6.44. The molecule has 0 radical (unpaired) electrons. The molecule has 0 saturated carbocycles. The smallest absolute Gasteiger partial charge is 0.283 e. The SMILES string of the molecule is O=C(NCCc1ccc(F)cc1)c1ccc(Cl)cc1[N+](=O)[O-]. The lowest BCUT2D eigenvalue weighted by Crippen LogP contribution is -2.26. The van der Waals surface area contributed by atoms with Crippen LogP contribution in [-0.2, 0) is 6.42 Å². The first-order valence-corrected chi connectivity index (χ1v) is 6.82. The molecule has 0 heterocycles. The van der Waals surface area contributed by atoms with Gasteiger partial charge in [-0.2, -0.15) is 0 Å². The van der Waals surface area contributed by atoms with Crippen molar-refractivity contribution in [2.75, 3.05) is 6.54 Å². The van der Waals surface area contributed by atoms with Crippen LogP contribution in [-0.4, -0.2) is 17.4 Å². The molecule has 0 saturated heterocycles. The van der Waals surface area contributed by atoms with Gasteiger partial charge >= 0.3 is 0 Å². The van der Waals surface area contributed by atoms with E-state index in [1.165, 1.54) is 24.3 Å². The average molecular weight is 323 g/mol. The van der Waals surface area contributed by atoms with Crippen LogP contribution >= 0.6 is 11.6 Å². The minimum absolute atomic E-state index is 0.0477. The Bertz CT molecular complexity index is 704. The molecule has 1 N–H and O–H groups in total. The summed E-state index contributed by atoms with van der Waals surface area (Å²) in [4.78, 5) is 22.3. The molecule has 0 unspecified atom stereocenters. The molecule has 2 rings (SSSR count). The zero-order valence-corrected chi connectivity index (χ0v) is 12.1. The summed E-state index contributed by atoms with van der Waals surface area (Å²) in [5, 5.41) is 13.7. The lowest BCUT2D eigenvalue weighted by molar-refractivity contribution is -0.385. The van der Waals surface area contributed by atoms with E-state index < -0.39 is 10.8 Å². The summed E-state index contributed by atoms with van der Waals surface area (Å²) in [6.07, 6.45) is 0.493. The van der Waals surface area contributed by atoms with Gasteiger partial charge in [0.25, 0.3) is 11.6 Å². The van der Waals surface area contributed by atoms with Gasteiger partial charge in [0, 0.05) is 17.6 Å². The van der Waals surface area contributed by atoms with E-state index in [4.69, 9.17) is 11.6 Å². The predicted molar refractivity (Wildman–Crippen MR) is 80.5 cm³/mol. The molecule has 114 valence electrons. The van der Waals surface area contributed by atoms with Crippen LogP contribution in [0.3, 0.4) is 0 Å². The minimum Gasteiger partial charge on any atom is -0.351 e. The van der Waals surface area contributed by atoms with E-state index in [0.717, 1.165) is 11.6 Å². The third-order valence-electron chi connectivity index (χ3n) is 3.01. The normalized spacial score (nSPS) is 10.3. The Balaban J connectivity index is 2.00.